The first-order valence-corrected chi connectivity index (χ1v) is 10.2. The van der Waals surface area contributed by atoms with Crippen molar-refractivity contribution in [3.05, 3.63) is 78.9 Å². The summed E-state index contributed by atoms with van der Waals surface area (Å²) in [5.41, 5.74) is 2.14. The molecule has 0 unspecified atom stereocenters. The number of benzene rings is 3. The molecule has 0 aliphatic heterocycles. The van der Waals surface area contributed by atoms with Gasteiger partial charge in [-0.25, -0.2) is 0 Å². The van der Waals surface area contributed by atoms with Gasteiger partial charge in [0.25, 0.3) is 0 Å². The molecule has 0 bridgehead atoms. The number of nitrogens with one attached hydrogen (secondary N) is 2. The molecule has 29 heavy (non-hydrogen) atoms. The zero-order valence-corrected chi connectivity index (χ0v) is 17.2. The number of para-hydroxylation sites is 1. The Bertz CT molecular complexity index is 848. The zero-order valence-electron chi connectivity index (χ0n) is 17.2. The number of anilines is 2. The first-order valence-electron chi connectivity index (χ1n) is 10.2. The van der Waals surface area contributed by atoms with E-state index in [-0.39, 0.29) is 0 Å². The monoisotopic (exact) mass is 390 g/mol. The second-order valence-electron chi connectivity index (χ2n) is 7.35. The SMILES string of the molecule is CC(C)CCOc1cccc(NCCNc2ccc(Oc3ccccc3)cc2)c1. The molecule has 0 saturated carbocycles. The highest BCUT2D eigenvalue weighted by Crippen LogP contribution is 2.22. The molecule has 0 aliphatic carbocycles. The van der Waals surface area contributed by atoms with Crippen molar-refractivity contribution in [2.24, 2.45) is 5.92 Å². The van der Waals surface area contributed by atoms with E-state index in [1.807, 2.05) is 66.7 Å². The summed E-state index contributed by atoms with van der Waals surface area (Å²) in [5.74, 6) is 3.24. The van der Waals surface area contributed by atoms with Gasteiger partial charge in [0.2, 0.25) is 0 Å². The van der Waals surface area contributed by atoms with Gasteiger partial charge in [0.05, 0.1) is 6.61 Å². The van der Waals surface area contributed by atoms with Crippen LogP contribution >= 0.6 is 0 Å². The minimum atomic E-state index is 0.654. The molecule has 0 amide bonds. The van der Waals surface area contributed by atoms with Gasteiger partial charge in [0.15, 0.2) is 0 Å². The summed E-state index contributed by atoms with van der Waals surface area (Å²) in [5, 5.41) is 6.85. The quantitative estimate of drug-likeness (QED) is 0.370. The van der Waals surface area contributed by atoms with Crippen molar-refractivity contribution in [1.82, 2.24) is 0 Å². The summed E-state index contributed by atoms with van der Waals surface area (Å²) >= 11 is 0. The Morgan fingerprint density at radius 1 is 0.690 bits per heavy atom. The molecule has 152 valence electrons. The normalized spacial score (nSPS) is 10.6. The van der Waals surface area contributed by atoms with Gasteiger partial charge in [-0.1, -0.05) is 38.1 Å². The van der Waals surface area contributed by atoms with Gasteiger partial charge in [0, 0.05) is 30.5 Å². The summed E-state index contributed by atoms with van der Waals surface area (Å²) < 4.78 is 11.6. The van der Waals surface area contributed by atoms with E-state index in [2.05, 4.69) is 36.6 Å². The predicted octanol–water partition coefficient (Wildman–Crippen LogP) is 6.43. The van der Waals surface area contributed by atoms with Crippen LogP contribution in [0.4, 0.5) is 11.4 Å². The molecule has 4 heteroatoms. The largest absolute Gasteiger partial charge is 0.494 e. The molecule has 0 fully saturated rings. The van der Waals surface area contributed by atoms with Crippen molar-refractivity contribution in [3.8, 4) is 17.2 Å². The lowest BCUT2D eigenvalue weighted by atomic mass is 10.1. The van der Waals surface area contributed by atoms with Crippen LogP contribution in [0.2, 0.25) is 0 Å². The summed E-state index contributed by atoms with van der Waals surface area (Å²) in [7, 11) is 0. The minimum Gasteiger partial charge on any atom is -0.494 e. The van der Waals surface area contributed by atoms with Gasteiger partial charge >= 0.3 is 0 Å². The molecule has 0 aromatic heterocycles. The topological polar surface area (TPSA) is 42.5 Å². The van der Waals surface area contributed by atoms with Crippen LogP contribution in [0.15, 0.2) is 78.9 Å². The van der Waals surface area contributed by atoms with E-state index in [1.165, 1.54) is 0 Å². The fraction of sp³-hybridized carbons (Fsp3) is 0.280. The fourth-order valence-electron chi connectivity index (χ4n) is 2.79. The molecule has 0 heterocycles. The highest BCUT2D eigenvalue weighted by molar-refractivity contribution is 5.49. The van der Waals surface area contributed by atoms with Crippen molar-refractivity contribution in [2.45, 2.75) is 20.3 Å². The first-order chi connectivity index (χ1) is 14.2. The smallest absolute Gasteiger partial charge is 0.127 e. The molecule has 0 radical (unpaired) electrons. The van der Waals surface area contributed by atoms with Crippen LogP contribution in [0.25, 0.3) is 0 Å². The summed E-state index contributed by atoms with van der Waals surface area (Å²) in [6.45, 7) is 6.80. The number of rotatable bonds is 11. The van der Waals surface area contributed by atoms with Gasteiger partial charge in [-0.15, -0.1) is 0 Å². The molecule has 3 aromatic carbocycles. The Morgan fingerprint density at radius 2 is 1.34 bits per heavy atom. The van der Waals surface area contributed by atoms with Gasteiger partial charge in [-0.05, 0) is 60.9 Å². The van der Waals surface area contributed by atoms with E-state index in [0.29, 0.717) is 5.92 Å². The lowest BCUT2D eigenvalue weighted by Gasteiger charge is -2.12. The average Bonchev–Trinajstić information content (AvgIpc) is 2.73. The molecule has 0 spiro atoms. The highest BCUT2D eigenvalue weighted by atomic mass is 16.5. The Kier molecular flexibility index (Phi) is 7.81. The van der Waals surface area contributed by atoms with Crippen molar-refractivity contribution in [3.63, 3.8) is 0 Å². The second-order valence-corrected chi connectivity index (χ2v) is 7.35. The number of hydrogen-bond acceptors (Lipinski definition) is 4. The average molecular weight is 391 g/mol. The lowest BCUT2D eigenvalue weighted by molar-refractivity contribution is 0.289. The van der Waals surface area contributed by atoms with Crippen molar-refractivity contribution >= 4 is 11.4 Å². The molecule has 3 aromatic rings. The maximum Gasteiger partial charge on any atom is 0.127 e. The first kappa shape index (κ1) is 20.6. The molecule has 0 saturated heterocycles. The van der Waals surface area contributed by atoms with Crippen molar-refractivity contribution < 1.29 is 9.47 Å². The third kappa shape index (κ3) is 7.41. The fourth-order valence-corrected chi connectivity index (χ4v) is 2.79. The predicted molar refractivity (Wildman–Crippen MR) is 121 cm³/mol. The Morgan fingerprint density at radius 3 is 2.07 bits per heavy atom. The van der Waals surface area contributed by atoms with E-state index < -0.39 is 0 Å². The summed E-state index contributed by atoms with van der Waals surface area (Å²) in [6, 6.07) is 25.9. The van der Waals surface area contributed by atoms with E-state index in [0.717, 1.165) is 54.7 Å². The standard InChI is InChI=1S/C25H30N2O2/c1-20(2)15-18-28-25-10-6-7-22(19-25)27-17-16-26-21-11-13-24(14-12-21)29-23-8-4-3-5-9-23/h3-14,19-20,26-27H,15-18H2,1-2H3. The van der Waals surface area contributed by atoms with Gasteiger partial charge < -0.3 is 20.1 Å². The van der Waals surface area contributed by atoms with E-state index in [9.17, 15) is 0 Å². The van der Waals surface area contributed by atoms with Crippen molar-refractivity contribution in [2.75, 3.05) is 30.3 Å². The van der Waals surface area contributed by atoms with E-state index in [4.69, 9.17) is 9.47 Å². The van der Waals surface area contributed by atoms with Gasteiger partial charge in [0.1, 0.15) is 17.2 Å². The van der Waals surface area contributed by atoms with Crippen LogP contribution in [0, 0.1) is 5.92 Å². The van der Waals surface area contributed by atoms with Crippen molar-refractivity contribution in [1.29, 1.82) is 0 Å². The maximum atomic E-state index is 5.82. The van der Waals surface area contributed by atoms with Gasteiger partial charge in [-0.3, -0.25) is 0 Å². The summed E-state index contributed by atoms with van der Waals surface area (Å²) in [6.07, 6.45) is 1.07. The Hall–Kier alpha value is -3.14. The maximum absolute atomic E-state index is 5.82. The molecule has 2 N–H and O–H groups in total. The van der Waals surface area contributed by atoms with Crippen LogP contribution in [-0.2, 0) is 0 Å². The van der Waals surface area contributed by atoms with E-state index in [1.54, 1.807) is 0 Å². The zero-order chi connectivity index (χ0) is 20.3. The van der Waals surface area contributed by atoms with Crippen LogP contribution in [0.5, 0.6) is 17.2 Å². The minimum absolute atomic E-state index is 0.654. The molecule has 0 atom stereocenters. The van der Waals surface area contributed by atoms with Crippen LogP contribution in [0.1, 0.15) is 20.3 Å². The molecule has 0 aliphatic rings. The molecule has 3 rings (SSSR count). The molecular weight excluding hydrogens is 360 g/mol. The van der Waals surface area contributed by atoms with Gasteiger partial charge in [-0.2, -0.15) is 0 Å². The number of hydrogen-bond donors (Lipinski definition) is 2. The van der Waals surface area contributed by atoms with E-state index >= 15 is 0 Å². The Labute approximate surface area is 173 Å². The van der Waals surface area contributed by atoms with Crippen LogP contribution in [-0.4, -0.2) is 19.7 Å². The highest BCUT2D eigenvalue weighted by Gasteiger charge is 2.00. The number of ether oxygens (including phenoxy) is 2. The second kappa shape index (κ2) is 11.0. The lowest BCUT2D eigenvalue weighted by Crippen LogP contribution is -2.13. The van der Waals surface area contributed by atoms with Crippen LogP contribution < -0.4 is 20.1 Å². The third-order valence-corrected chi connectivity index (χ3v) is 4.41. The molecule has 4 nitrogen and oxygen atoms in total. The Balaban J connectivity index is 1.39. The summed E-state index contributed by atoms with van der Waals surface area (Å²) in [4.78, 5) is 0. The van der Waals surface area contributed by atoms with Crippen LogP contribution in [0.3, 0.4) is 0 Å². The molecular formula is C25H30N2O2. The third-order valence-electron chi connectivity index (χ3n) is 4.41.